The number of hydrogen-bond acceptors (Lipinski definition) is 6. The summed E-state index contributed by atoms with van der Waals surface area (Å²) in [5.74, 6) is 0.128. The van der Waals surface area contributed by atoms with Crippen molar-refractivity contribution in [2.24, 2.45) is 0 Å². The third-order valence-electron chi connectivity index (χ3n) is 4.92. The number of benzene rings is 2. The maximum absolute atomic E-state index is 13.1. The van der Waals surface area contributed by atoms with Crippen molar-refractivity contribution in [1.29, 1.82) is 0 Å². The zero-order valence-electron chi connectivity index (χ0n) is 17.5. The van der Waals surface area contributed by atoms with Crippen molar-refractivity contribution >= 4 is 23.5 Å². The Kier molecular flexibility index (Phi) is 7.78. The third-order valence-corrected chi connectivity index (χ3v) is 5.17. The maximum atomic E-state index is 13.1. The van der Waals surface area contributed by atoms with Gasteiger partial charge in [-0.3, -0.25) is 9.59 Å². The van der Waals surface area contributed by atoms with E-state index in [0.29, 0.717) is 23.2 Å². The number of hydrogen-bond donors (Lipinski definition) is 0. The van der Waals surface area contributed by atoms with Gasteiger partial charge in [0.15, 0.2) is 0 Å². The molecule has 3 aromatic rings. The predicted molar refractivity (Wildman–Crippen MR) is 116 cm³/mol. The summed E-state index contributed by atoms with van der Waals surface area (Å²) in [7, 11) is 1.31. The van der Waals surface area contributed by atoms with Crippen LogP contribution in [0.4, 0.5) is 0 Å². The van der Waals surface area contributed by atoms with Gasteiger partial charge in [-0.1, -0.05) is 54.0 Å². The highest BCUT2D eigenvalue weighted by atomic mass is 35.5. The number of esters is 1. The normalized spacial score (nSPS) is 11.7. The molecule has 0 fully saturated rings. The fourth-order valence-corrected chi connectivity index (χ4v) is 3.44. The van der Waals surface area contributed by atoms with Gasteiger partial charge in [0.1, 0.15) is 6.54 Å². The summed E-state index contributed by atoms with van der Waals surface area (Å²) in [4.78, 5) is 31.0. The Labute approximate surface area is 186 Å². The Balaban J connectivity index is 1.71. The third kappa shape index (κ3) is 5.92. The fraction of sp³-hybridized carbons (Fsp3) is 0.304. The summed E-state index contributed by atoms with van der Waals surface area (Å²) in [5, 5.41) is 4.59. The number of nitrogens with zero attached hydrogens (tertiary/aromatic N) is 3. The van der Waals surface area contributed by atoms with Gasteiger partial charge in [-0.15, -0.1) is 0 Å². The van der Waals surface area contributed by atoms with E-state index in [0.717, 1.165) is 11.1 Å². The van der Waals surface area contributed by atoms with Crippen LogP contribution >= 0.6 is 11.6 Å². The van der Waals surface area contributed by atoms with Crippen LogP contribution in [-0.4, -0.2) is 40.6 Å². The molecule has 1 amide bonds. The molecule has 0 unspecified atom stereocenters. The molecular formula is C23H24ClN3O4. The molecule has 31 heavy (non-hydrogen) atoms. The van der Waals surface area contributed by atoms with E-state index in [2.05, 4.69) is 10.1 Å². The van der Waals surface area contributed by atoms with Crippen molar-refractivity contribution in [2.45, 2.75) is 32.2 Å². The van der Waals surface area contributed by atoms with E-state index in [4.69, 9.17) is 20.9 Å². The van der Waals surface area contributed by atoms with Crippen LogP contribution in [0.25, 0.3) is 11.4 Å². The molecule has 2 aromatic carbocycles. The lowest BCUT2D eigenvalue weighted by Gasteiger charge is -2.30. The number of halogens is 1. The molecule has 0 aliphatic rings. The number of aryl methyl sites for hydroxylation is 1. The van der Waals surface area contributed by atoms with Crippen molar-refractivity contribution in [1.82, 2.24) is 15.0 Å². The monoisotopic (exact) mass is 441 g/mol. The van der Waals surface area contributed by atoms with E-state index < -0.39 is 5.97 Å². The molecule has 1 aromatic heterocycles. The van der Waals surface area contributed by atoms with Crippen molar-refractivity contribution in [3.63, 3.8) is 0 Å². The van der Waals surface area contributed by atoms with Crippen LogP contribution in [0.1, 0.15) is 37.3 Å². The summed E-state index contributed by atoms with van der Waals surface area (Å²) in [6, 6.07) is 16.5. The Hall–Kier alpha value is -3.19. The molecule has 0 N–H and O–H groups in total. The van der Waals surface area contributed by atoms with E-state index in [-0.39, 0.29) is 31.3 Å². The highest BCUT2D eigenvalue weighted by Crippen LogP contribution is 2.25. The van der Waals surface area contributed by atoms with Gasteiger partial charge in [0.25, 0.3) is 0 Å². The molecule has 7 nitrogen and oxygen atoms in total. The Morgan fingerprint density at radius 1 is 1.13 bits per heavy atom. The first-order chi connectivity index (χ1) is 15.0. The first kappa shape index (κ1) is 22.5. The van der Waals surface area contributed by atoms with E-state index in [9.17, 15) is 9.59 Å². The van der Waals surface area contributed by atoms with Crippen LogP contribution in [-0.2, 0) is 20.7 Å². The summed E-state index contributed by atoms with van der Waals surface area (Å²) >= 11 is 5.91. The number of aromatic nitrogens is 2. The molecule has 1 heterocycles. The molecule has 0 radical (unpaired) electrons. The van der Waals surface area contributed by atoms with Gasteiger partial charge in [-0.2, -0.15) is 4.98 Å². The molecule has 0 aliphatic carbocycles. The second kappa shape index (κ2) is 10.7. The number of methoxy groups -OCH3 is 1. The second-order valence-corrected chi connectivity index (χ2v) is 7.39. The van der Waals surface area contributed by atoms with E-state index >= 15 is 0 Å². The minimum atomic E-state index is -0.467. The van der Waals surface area contributed by atoms with Crippen molar-refractivity contribution < 1.29 is 18.8 Å². The van der Waals surface area contributed by atoms with Gasteiger partial charge in [0.05, 0.1) is 13.2 Å². The minimum Gasteiger partial charge on any atom is -0.468 e. The highest BCUT2D eigenvalue weighted by Gasteiger charge is 2.26. The zero-order chi connectivity index (χ0) is 22.2. The van der Waals surface area contributed by atoms with E-state index in [1.54, 1.807) is 29.2 Å². The Morgan fingerprint density at radius 2 is 1.84 bits per heavy atom. The summed E-state index contributed by atoms with van der Waals surface area (Å²) in [6.07, 6.45) is 1.05. The molecule has 8 heteroatoms. The van der Waals surface area contributed by atoms with Crippen LogP contribution in [0.15, 0.2) is 59.1 Å². The number of ether oxygens (including phenoxy) is 1. The largest absolute Gasteiger partial charge is 0.468 e. The Bertz CT molecular complexity index is 1010. The number of rotatable bonds is 9. The molecule has 1 atom stereocenters. The van der Waals surface area contributed by atoms with E-state index in [1.807, 2.05) is 37.3 Å². The zero-order valence-corrected chi connectivity index (χ0v) is 18.2. The van der Waals surface area contributed by atoms with Crippen LogP contribution in [0.5, 0.6) is 0 Å². The predicted octanol–water partition coefficient (Wildman–Crippen LogP) is 4.48. The van der Waals surface area contributed by atoms with Crippen molar-refractivity contribution in [2.75, 3.05) is 13.7 Å². The fourth-order valence-electron chi connectivity index (χ4n) is 3.32. The number of carbonyl (C=O) groups is 2. The summed E-state index contributed by atoms with van der Waals surface area (Å²) in [6.45, 7) is 1.86. The standard InChI is InChI=1S/C23H24ClN3O4/c1-3-19(16-7-5-4-6-8-16)27(15-22(29)30-2)21(28)14-13-20-25-23(26-31-20)17-9-11-18(24)12-10-17/h4-12,19H,3,13-15H2,1-2H3/t19-/m0/s1. The summed E-state index contributed by atoms with van der Waals surface area (Å²) < 4.78 is 10.1. The molecule has 0 aliphatic heterocycles. The quantitative estimate of drug-likeness (QED) is 0.455. The average Bonchev–Trinajstić information content (AvgIpc) is 3.27. The van der Waals surface area contributed by atoms with Crippen LogP contribution < -0.4 is 0 Å². The van der Waals surface area contributed by atoms with Gasteiger partial charge in [0, 0.05) is 23.4 Å². The van der Waals surface area contributed by atoms with E-state index in [1.165, 1.54) is 7.11 Å². The SMILES string of the molecule is CC[C@@H](c1ccccc1)N(CC(=O)OC)C(=O)CCc1nc(-c2ccc(Cl)cc2)no1. The number of amides is 1. The molecular weight excluding hydrogens is 418 g/mol. The lowest BCUT2D eigenvalue weighted by Crippen LogP contribution is -2.39. The number of carbonyl (C=O) groups excluding carboxylic acids is 2. The van der Waals surface area contributed by atoms with Crippen LogP contribution in [0, 0.1) is 0 Å². The second-order valence-electron chi connectivity index (χ2n) is 6.95. The smallest absolute Gasteiger partial charge is 0.325 e. The molecule has 0 saturated heterocycles. The lowest BCUT2D eigenvalue weighted by molar-refractivity contribution is -0.148. The molecule has 0 spiro atoms. The van der Waals surface area contributed by atoms with Gasteiger partial charge >= 0.3 is 5.97 Å². The maximum Gasteiger partial charge on any atom is 0.325 e. The Morgan fingerprint density at radius 3 is 2.48 bits per heavy atom. The lowest BCUT2D eigenvalue weighted by atomic mass is 10.0. The first-order valence-electron chi connectivity index (χ1n) is 10.0. The van der Waals surface area contributed by atoms with Gasteiger partial charge < -0.3 is 14.2 Å². The van der Waals surface area contributed by atoms with Gasteiger partial charge in [-0.05, 0) is 36.2 Å². The summed E-state index contributed by atoms with van der Waals surface area (Å²) in [5.41, 5.74) is 1.73. The van der Waals surface area contributed by atoms with Crippen molar-refractivity contribution in [3.8, 4) is 11.4 Å². The topological polar surface area (TPSA) is 85.5 Å². The van der Waals surface area contributed by atoms with Gasteiger partial charge in [-0.25, -0.2) is 0 Å². The molecule has 0 bridgehead atoms. The molecule has 3 rings (SSSR count). The first-order valence-corrected chi connectivity index (χ1v) is 10.4. The van der Waals surface area contributed by atoms with Crippen molar-refractivity contribution in [3.05, 3.63) is 71.1 Å². The van der Waals surface area contributed by atoms with Gasteiger partial charge in [0.2, 0.25) is 17.6 Å². The minimum absolute atomic E-state index is 0.122. The molecule has 0 saturated carbocycles. The average molecular weight is 442 g/mol. The highest BCUT2D eigenvalue weighted by molar-refractivity contribution is 6.30. The van der Waals surface area contributed by atoms with Crippen LogP contribution in [0.2, 0.25) is 5.02 Å². The molecule has 162 valence electrons. The van der Waals surface area contributed by atoms with Crippen LogP contribution in [0.3, 0.4) is 0 Å².